The van der Waals surface area contributed by atoms with Crippen LogP contribution in [0.5, 0.6) is 0 Å². The summed E-state index contributed by atoms with van der Waals surface area (Å²) >= 11 is 0. The first-order valence-corrected chi connectivity index (χ1v) is 2.27. The molecule has 0 amide bonds. The van der Waals surface area contributed by atoms with Gasteiger partial charge in [0.2, 0.25) is 0 Å². The zero-order valence-electron chi connectivity index (χ0n) is 3.94. The highest BCUT2D eigenvalue weighted by atomic mass is 14.6. The van der Waals surface area contributed by atoms with Gasteiger partial charge < -0.3 is 0 Å². The molecule has 0 aromatic carbocycles. The van der Waals surface area contributed by atoms with Crippen LogP contribution in [0.2, 0.25) is 0 Å². The fourth-order valence-electron chi connectivity index (χ4n) is 0.368. The highest BCUT2D eigenvalue weighted by Gasteiger charge is 2.23. The van der Waals surface area contributed by atoms with E-state index in [1.54, 1.807) is 0 Å². The molecule has 1 nitrogen and oxygen atoms in total. The molecule has 0 radical (unpaired) electrons. The molecule has 0 aliphatic heterocycles. The second kappa shape index (κ2) is 1.27. The van der Waals surface area contributed by atoms with Crippen molar-refractivity contribution in [3.8, 4) is 0 Å². The Hall–Kier alpha value is -0.550. The topological polar surface area (TPSA) is 14.1 Å². The van der Waals surface area contributed by atoms with Gasteiger partial charge in [0.05, 0.1) is 12.8 Å². The first-order valence-electron chi connectivity index (χ1n) is 2.27. The summed E-state index contributed by atoms with van der Waals surface area (Å²) in [5.41, 5.74) is 1.36. The van der Waals surface area contributed by atoms with E-state index >= 15 is 0 Å². The van der Waals surface area contributed by atoms with Crippen LogP contribution in [0.4, 0.5) is 0 Å². The normalized spacial score (nSPS) is 16.5. The molecule has 6 heavy (non-hydrogen) atoms. The van der Waals surface area contributed by atoms with Crippen LogP contribution >= 0.6 is 0 Å². The SMILES string of the molecule is CC=[N+]=C1CC1. The molecule has 1 aliphatic rings. The largest absolute Gasteiger partial charge is 0.281 e. The lowest BCUT2D eigenvalue weighted by molar-refractivity contribution is 1.50. The Kier molecular flexibility index (Phi) is 0.771. The van der Waals surface area contributed by atoms with E-state index in [9.17, 15) is 0 Å². The van der Waals surface area contributed by atoms with E-state index in [0.29, 0.717) is 0 Å². The van der Waals surface area contributed by atoms with Crippen molar-refractivity contribution in [2.45, 2.75) is 19.8 Å². The van der Waals surface area contributed by atoms with Gasteiger partial charge in [0, 0.05) is 6.92 Å². The second-order valence-corrected chi connectivity index (χ2v) is 1.45. The Morgan fingerprint density at radius 1 is 1.67 bits per heavy atom. The van der Waals surface area contributed by atoms with Gasteiger partial charge in [-0.15, -0.1) is 4.67 Å². The maximum atomic E-state index is 4.03. The molecule has 1 rings (SSSR count). The maximum absolute atomic E-state index is 4.03. The average Bonchev–Trinajstić information content (AvgIpc) is 2.21. The minimum absolute atomic E-state index is 1.24. The van der Waals surface area contributed by atoms with Crippen molar-refractivity contribution in [1.82, 2.24) is 4.67 Å². The van der Waals surface area contributed by atoms with Gasteiger partial charge in [-0.25, -0.2) is 0 Å². The smallest absolute Gasteiger partial charge is 0.107 e. The van der Waals surface area contributed by atoms with E-state index in [4.69, 9.17) is 0 Å². The number of rotatable bonds is 0. The highest BCUT2D eigenvalue weighted by molar-refractivity contribution is 5.98. The van der Waals surface area contributed by atoms with Gasteiger partial charge in [-0.05, 0) is 0 Å². The quantitative estimate of drug-likeness (QED) is 0.296. The summed E-state index contributed by atoms with van der Waals surface area (Å²) in [6, 6.07) is 0. The van der Waals surface area contributed by atoms with Gasteiger partial charge in [-0.3, -0.25) is 0 Å². The van der Waals surface area contributed by atoms with E-state index in [0.717, 1.165) is 0 Å². The van der Waals surface area contributed by atoms with Gasteiger partial charge in [0.1, 0.15) is 0 Å². The molecule has 1 aliphatic carbocycles. The number of hydrogen-bond acceptors (Lipinski definition) is 0. The van der Waals surface area contributed by atoms with Crippen LogP contribution in [0.15, 0.2) is 0 Å². The maximum Gasteiger partial charge on any atom is 0.281 e. The van der Waals surface area contributed by atoms with Crippen LogP contribution in [0.25, 0.3) is 0 Å². The molecule has 0 saturated heterocycles. The molecule has 0 bridgehead atoms. The zero-order valence-corrected chi connectivity index (χ0v) is 3.94. The minimum atomic E-state index is 1.24. The van der Waals surface area contributed by atoms with Crippen LogP contribution in [0.3, 0.4) is 0 Å². The van der Waals surface area contributed by atoms with Crippen LogP contribution in [-0.2, 0) is 0 Å². The molecule has 1 fully saturated rings. The highest BCUT2D eigenvalue weighted by Crippen LogP contribution is 2.08. The van der Waals surface area contributed by atoms with Gasteiger partial charge >= 0.3 is 0 Å². The van der Waals surface area contributed by atoms with Gasteiger partial charge in [0.15, 0.2) is 0 Å². The van der Waals surface area contributed by atoms with E-state index in [-0.39, 0.29) is 0 Å². The predicted molar refractivity (Wildman–Crippen MR) is 28.1 cm³/mol. The van der Waals surface area contributed by atoms with Gasteiger partial charge in [0.25, 0.3) is 11.9 Å². The summed E-state index contributed by atoms with van der Waals surface area (Å²) in [5.74, 6) is 0. The molecule has 0 aromatic rings. The van der Waals surface area contributed by atoms with Crippen molar-refractivity contribution in [1.29, 1.82) is 0 Å². The molecule has 0 spiro atoms. The number of nitrogens with zero attached hydrogens (tertiary/aromatic N) is 1. The second-order valence-electron chi connectivity index (χ2n) is 1.45. The summed E-state index contributed by atoms with van der Waals surface area (Å²) in [4.78, 5) is 0. The third-order valence-electron chi connectivity index (χ3n) is 0.785. The predicted octanol–water partition coefficient (Wildman–Crippen LogP) is 0.379. The monoisotopic (exact) mass is 82.1 g/mol. The van der Waals surface area contributed by atoms with Gasteiger partial charge in [-0.2, -0.15) is 0 Å². The molecule has 0 N–H and O–H groups in total. The number of hydrogen-bond donors (Lipinski definition) is 0. The fraction of sp³-hybridized carbons (Fsp3) is 0.600. The Morgan fingerprint density at radius 2 is 2.33 bits per heavy atom. The molecular weight excluding hydrogens is 74.1 g/mol. The lowest BCUT2D eigenvalue weighted by Crippen LogP contribution is -1.71. The molecular formula is C5H8N+. The Balaban J connectivity index is 2.64. The molecule has 1 heteroatoms. The molecule has 1 saturated carbocycles. The molecule has 0 aromatic heterocycles. The fourth-order valence-corrected chi connectivity index (χ4v) is 0.368. The average molecular weight is 82.1 g/mol. The Bertz CT molecular complexity index is 101. The van der Waals surface area contributed by atoms with Crippen LogP contribution in [0, 0.1) is 0 Å². The van der Waals surface area contributed by atoms with Crippen molar-refractivity contribution in [3.63, 3.8) is 0 Å². The van der Waals surface area contributed by atoms with E-state index in [1.165, 1.54) is 18.6 Å². The summed E-state index contributed by atoms with van der Waals surface area (Å²) in [6.07, 6.45) is 4.33. The molecule has 32 valence electrons. The van der Waals surface area contributed by atoms with Crippen LogP contribution in [0.1, 0.15) is 19.8 Å². The third-order valence-corrected chi connectivity index (χ3v) is 0.785. The Morgan fingerprint density at radius 3 is 2.50 bits per heavy atom. The summed E-state index contributed by atoms with van der Waals surface area (Å²) in [5, 5.41) is 0. The lowest BCUT2D eigenvalue weighted by Gasteiger charge is -1.33. The summed E-state index contributed by atoms with van der Waals surface area (Å²) in [7, 11) is 0. The van der Waals surface area contributed by atoms with E-state index < -0.39 is 0 Å². The van der Waals surface area contributed by atoms with Crippen molar-refractivity contribution >= 4 is 11.9 Å². The van der Waals surface area contributed by atoms with E-state index in [1.807, 2.05) is 13.1 Å². The van der Waals surface area contributed by atoms with Crippen molar-refractivity contribution in [2.24, 2.45) is 0 Å². The summed E-state index contributed by atoms with van der Waals surface area (Å²) in [6.45, 7) is 1.95. The Labute approximate surface area is 37.4 Å². The first kappa shape index (κ1) is 3.63. The van der Waals surface area contributed by atoms with Crippen molar-refractivity contribution in [3.05, 3.63) is 0 Å². The van der Waals surface area contributed by atoms with Crippen molar-refractivity contribution in [2.75, 3.05) is 0 Å². The summed E-state index contributed by atoms with van der Waals surface area (Å²) < 4.78 is 4.03. The standard InChI is InChI=1S/C5H8N/c1-2-6-5-3-4-5/h2H,3-4H2,1H3/q+1. The van der Waals surface area contributed by atoms with Crippen molar-refractivity contribution < 1.29 is 0 Å². The van der Waals surface area contributed by atoms with Gasteiger partial charge in [-0.1, -0.05) is 0 Å². The molecule has 0 unspecified atom stereocenters. The molecule has 0 heterocycles. The zero-order chi connectivity index (χ0) is 4.41. The minimum Gasteiger partial charge on any atom is -0.107 e. The molecule has 0 atom stereocenters. The third kappa shape index (κ3) is 0.697. The lowest BCUT2D eigenvalue weighted by atomic mass is 10.8. The first-order chi connectivity index (χ1) is 2.93. The van der Waals surface area contributed by atoms with E-state index in [2.05, 4.69) is 4.67 Å². The van der Waals surface area contributed by atoms with Crippen LogP contribution < -0.4 is 4.67 Å². The van der Waals surface area contributed by atoms with Crippen LogP contribution in [-0.4, -0.2) is 11.9 Å².